The van der Waals surface area contributed by atoms with E-state index in [0.29, 0.717) is 34.5 Å². The number of carbonyl (C=O) groups excluding carboxylic acids is 2. The van der Waals surface area contributed by atoms with Crippen LogP contribution in [0.2, 0.25) is 0 Å². The molecule has 1 atom stereocenters. The molecule has 6 heteroatoms. The van der Waals surface area contributed by atoms with Gasteiger partial charge in [0.05, 0.1) is 22.5 Å². The second-order valence-electron chi connectivity index (χ2n) is 9.27. The fourth-order valence-electron chi connectivity index (χ4n) is 5.00. The number of aryl methyl sites for hydroxylation is 2. The summed E-state index contributed by atoms with van der Waals surface area (Å²) in [5.41, 5.74) is 5.95. The van der Waals surface area contributed by atoms with E-state index in [9.17, 15) is 9.59 Å². The van der Waals surface area contributed by atoms with Crippen LogP contribution >= 0.6 is 0 Å². The Morgan fingerprint density at radius 2 is 1.45 bits per heavy atom. The molecule has 1 aromatic heterocycles. The molecule has 0 radical (unpaired) electrons. The van der Waals surface area contributed by atoms with E-state index < -0.39 is 12.1 Å². The molecule has 1 aliphatic heterocycles. The lowest BCUT2D eigenvalue weighted by molar-refractivity contribution is -0.126. The highest BCUT2D eigenvalue weighted by Gasteiger charge is 2.33. The van der Waals surface area contributed by atoms with Crippen molar-refractivity contribution in [1.82, 2.24) is 4.98 Å². The van der Waals surface area contributed by atoms with Gasteiger partial charge in [-0.25, -0.2) is 9.78 Å². The third-order valence-electron chi connectivity index (χ3n) is 6.92. The molecule has 0 saturated heterocycles. The van der Waals surface area contributed by atoms with Crippen molar-refractivity contribution in [3.63, 3.8) is 0 Å². The summed E-state index contributed by atoms with van der Waals surface area (Å²) in [5.74, 6) is -0.546. The lowest BCUT2D eigenvalue weighted by Gasteiger charge is -2.28. The molecule has 6 nitrogen and oxygen atoms in total. The SMILES string of the molecule is CCC(OC(=O)c1ccccc1-c1nc2ccccc2o1)C(=O)N1c2ccccc2CCc2ccccc21. The zero-order valence-electron chi connectivity index (χ0n) is 21.0. The normalized spacial score (nSPS) is 13.3. The van der Waals surface area contributed by atoms with Crippen LogP contribution in [0.25, 0.3) is 22.6 Å². The van der Waals surface area contributed by atoms with E-state index in [1.54, 1.807) is 23.1 Å². The molecule has 4 aromatic carbocycles. The second-order valence-corrected chi connectivity index (χ2v) is 9.27. The fraction of sp³-hybridized carbons (Fsp3) is 0.156. The standard InChI is InChI=1S/C32H26N2O4/c1-2-28(31(35)34-26-16-8-3-11-21(26)19-20-22-12-4-9-17-27(22)34)38-32(36)24-14-6-5-13-23(24)30-33-25-15-7-10-18-29(25)37-30/h3-18,28H,2,19-20H2,1H3. The lowest BCUT2D eigenvalue weighted by Crippen LogP contribution is -2.39. The summed E-state index contributed by atoms with van der Waals surface area (Å²) in [5, 5.41) is 0. The van der Waals surface area contributed by atoms with Crippen LogP contribution in [0.1, 0.15) is 34.8 Å². The molecule has 0 N–H and O–H groups in total. The van der Waals surface area contributed by atoms with Gasteiger partial charge < -0.3 is 9.15 Å². The Bertz CT molecular complexity index is 1570. The Labute approximate surface area is 220 Å². The second kappa shape index (κ2) is 9.98. The van der Waals surface area contributed by atoms with E-state index in [1.165, 1.54) is 0 Å². The summed E-state index contributed by atoms with van der Waals surface area (Å²) >= 11 is 0. The molecule has 188 valence electrons. The number of amides is 1. The maximum atomic E-state index is 14.1. The van der Waals surface area contributed by atoms with Crippen molar-refractivity contribution in [3.8, 4) is 11.5 Å². The van der Waals surface area contributed by atoms with E-state index in [-0.39, 0.29) is 5.91 Å². The molecule has 0 fully saturated rings. The summed E-state index contributed by atoms with van der Waals surface area (Å²) in [6.07, 6.45) is 1.01. The number of hydrogen-bond acceptors (Lipinski definition) is 5. The van der Waals surface area contributed by atoms with Crippen LogP contribution in [0.5, 0.6) is 0 Å². The average Bonchev–Trinajstić information content (AvgIpc) is 3.32. The molecule has 38 heavy (non-hydrogen) atoms. The van der Waals surface area contributed by atoms with Crippen LogP contribution in [0.3, 0.4) is 0 Å². The van der Waals surface area contributed by atoms with E-state index in [0.717, 1.165) is 35.3 Å². The number of carbonyl (C=O) groups is 2. The van der Waals surface area contributed by atoms with E-state index in [4.69, 9.17) is 9.15 Å². The minimum absolute atomic E-state index is 0.276. The van der Waals surface area contributed by atoms with Crippen LogP contribution in [0, 0.1) is 0 Å². The van der Waals surface area contributed by atoms with Gasteiger partial charge in [-0.1, -0.05) is 67.6 Å². The first-order valence-electron chi connectivity index (χ1n) is 12.8. The minimum Gasteiger partial charge on any atom is -0.449 e. The van der Waals surface area contributed by atoms with Crippen LogP contribution < -0.4 is 4.90 Å². The van der Waals surface area contributed by atoms with Gasteiger partial charge in [-0.2, -0.15) is 0 Å². The number of fused-ring (bicyclic) bond motifs is 3. The van der Waals surface area contributed by atoms with Gasteiger partial charge in [0, 0.05) is 0 Å². The molecule has 1 amide bonds. The predicted molar refractivity (Wildman–Crippen MR) is 146 cm³/mol. The number of para-hydroxylation sites is 4. The van der Waals surface area contributed by atoms with Crippen molar-refractivity contribution in [3.05, 3.63) is 114 Å². The van der Waals surface area contributed by atoms with Crippen LogP contribution in [0.15, 0.2) is 101 Å². The largest absolute Gasteiger partial charge is 0.449 e. The first-order valence-corrected chi connectivity index (χ1v) is 12.8. The number of anilines is 2. The van der Waals surface area contributed by atoms with Gasteiger partial charge in [0.15, 0.2) is 11.7 Å². The van der Waals surface area contributed by atoms with Crippen molar-refractivity contribution < 1.29 is 18.7 Å². The van der Waals surface area contributed by atoms with Gasteiger partial charge in [0.1, 0.15) is 5.52 Å². The van der Waals surface area contributed by atoms with Crippen LogP contribution in [0.4, 0.5) is 11.4 Å². The van der Waals surface area contributed by atoms with E-state index in [1.807, 2.05) is 85.8 Å². The number of benzene rings is 4. The molecule has 2 heterocycles. The average molecular weight is 503 g/mol. The number of nitrogens with zero attached hydrogens (tertiary/aromatic N) is 2. The molecule has 5 aromatic rings. The number of oxazole rings is 1. The predicted octanol–water partition coefficient (Wildman–Crippen LogP) is 6.89. The van der Waals surface area contributed by atoms with Crippen molar-refractivity contribution in [2.75, 3.05) is 4.90 Å². The first-order chi connectivity index (χ1) is 18.6. The monoisotopic (exact) mass is 502 g/mol. The summed E-state index contributed by atoms with van der Waals surface area (Å²) in [6.45, 7) is 1.85. The van der Waals surface area contributed by atoms with Gasteiger partial charge in [-0.15, -0.1) is 0 Å². The molecule has 0 bridgehead atoms. The maximum absolute atomic E-state index is 14.1. The van der Waals surface area contributed by atoms with Gasteiger partial charge >= 0.3 is 5.97 Å². The number of ether oxygens (including phenoxy) is 1. The molecule has 1 unspecified atom stereocenters. The van der Waals surface area contributed by atoms with Crippen molar-refractivity contribution in [1.29, 1.82) is 0 Å². The Kier molecular flexibility index (Phi) is 6.22. The Balaban J connectivity index is 1.34. The third-order valence-corrected chi connectivity index (χ3v) is 6.92. The zero-order chi connectivity index (χ0) is 26.1. The van der Waals surface area contributed by atoms with Crippen molar-refractivity contribution in [2.24, 2.45) is 0 Å². The Morgan fingerprint density at radius 3 is 2.13 bits per heavy atom. The summed E-state index contributed by atoms with van der Waals surface area (Å²) in [6, 6.07) is 30.3. The highest BCUT2D eigenvalue weighted by atomic mass is 16.5. The smallest absolute Gasteiger partial charge is 0.339 e. The van der Waals surface area contributed by atoms with Crippen molar-refractivity contribution >= 4 is 34.4 Å². The molecule has 6 rings (SSSR count). The molecule has 1 aliphatic rings. The van der Waals surface area contributed by atoms with E-state index in [2.05, 4.69) is 4.98 Å². The molecule has 0 saturated carbocycles. The topological polar surface area (TPSA) is 72.6 Å². The van der Waals surface area contributed by atoms with Gasteiger partial charge in [0.2, 0.25) is 5.89 Å². The van der Waals surface area contributed by atoms with Gasteiger partial charge in [-0.3, -0.25) is 9.69 Å². The summed E-state index contributed by atoms with van der Waals surface area (Å²) < 4.78 is 11.8. The maximum Gasteiger partial charge on any atom is 0.339 e. The first kappa shape index (κ1) is 23.7. The minimum atomic E-state index is -0.974. The fourth-order valence-corrected chi connectivity index (χ4v) is 5.00. The lowest BCUT2D eigenvalue weighted by atomic mass is 10.0. The quantitative estimate of drug-likeness (QED) is 0.245. The third kappa shape index (κ3) is 4.24. The highest BCUT2D eigenvalue weighted by molar-refractivity contribution is 6.06. The van der Waals surface area contributed by atoms with Gasteiger partial charge in [0.25, 0.3) is 5.91 Å². The van der Waals surface area contributed by atoms with E-state index >= 15 is 0 Å². The van der Waals surface area contributed by atoms with Crippen LogP contribution in [-0.4, -0.2) is 23.0 Å². The summed E-state index contributed by atoms with van der Waals surface area (Å²) in [7, 11) is 0. The Morgan fingerprint density at radius 1 is 0.842 bits per heavy atom. The molecular weight excluding hydrogens is 476 g/mol. The number of aromatic nitrogens is 1. The summed E-state index contributed by atoms with van der Waals surface area (Å²) in [4.78, 5) is 33.8. The van der Waals surface area contributed by atoms with Crippen molar-refractivity contribution in [2.45, 2.75) is 32.3 Å². The number of esters is 1. The zero-order valence-corrected chi connectivity index (χ0v) is 21.0. The molecular formula is C32H26N2O4. The van der Waals surface area contributed by atoms with Crippen LogP contribution in [-0.2, 0) is 22.4 Å². The number of hydrogen-bond donors (Lipinski definition) is 0. The molecule has 0 spiro atoms. The highest BCUT2D eigenvalue weighted by Crippen LogP contribution is 2.37. The number of rotatable bonds is 5. The Hall–Kier alpha value is -4.71. The van der Waals surface area contributed by atoms with Gasteiger partial charge in [-0.05, 0) is 66.8 Å². The molecule has 0 aliphatic carbocycles.